The van der Waals surface area contributed by atoms with Crippen LogP contribution in [-0.4, -0.2) is 21.0 Å². The van der Waals surface area contributed by atoms with E-state index in [1.807, 2.05) is 13.8 Å². The number of esters is 1. The molecule has 0 radical (unpaired) electrons. The lowest BCUT2D eigenvalue weighted by atomic mass is 10.1. The molecular formula is C16H19N3O5. The number of aromatic nitrogens is 2. The average Bonchev–Trinajstić information content (AvgIpc) is 3.01. The zero-order valence-electron chi connectivity index (χ0n) is 13.8. The second-order valence-electron chi connectivity index (χ2n) is 5.68. The zero-order chi connectivity index (χ0) is 17.7. The molecule has 0 saturated heterocycles. The van der Waals surface area contributed by atoms with Crippen molar-refractivity contribution in [2.24, 2.45) is 0 Å². The molecule has 0 aliphatic heterocycles. The number of nitrogens with zero attached hydrogens (tertiary/aromatic N) is 3. The summed E-state index contributed by atoms with van der Waals surface area (Å²) in [6, 6.07) is 4.69. The predicted octanol–water partition coefficient (Wildman–Crippen LogP) is 3.09. The topological polar surface area (TPSA) is 108 Å². The first-order valence-corrected chi connectivity index (χ1v) is 7.59. The normalized spacial score (nSPS) is 10.8. The minimum Gasteiger partial charge on any atom is -0.461 e. The van der Waals surface area contributed by atoms with E-state index >= 15 is 0 Å². The fourth-order valence-electron chi connectivity index (χ4n) is 2.07. The fourth-order valence-corrected chi connectivity index (χ4v) is 2.07. The van der Waals surface area contributed by atoms with E-state index in [1.165, 1.54) is 6.07 Å². The van der Waals surface area contributed by atoms with Crippen LogP contribution in [0.15, 0.2) is 22.7 Å². The van der Waals surface area contributed by atoms with Crippen molar-refractivity contribution in [2.45, 2.75) is 46.1 Å². The summed E-state index contributed by atoms with van der Waals surface area (Å²) in [6.45, 7) is 5.52. The van der Waals surface area contributed by atoms with Gasteiger partial charge < -0.3 is 9.26 Å². The first-order valence-electron chi connectivity index (χ1n) is 7.59. The SMILES string of the molecule is Cc1c(COC(=O)CCc2nc(C(C)C)no2)cccc1[N+](=O)[O-]. The van der Waals surface area contributed by atoms with Gasteiger partial charge in [0, 0.05) is 24.0 Å². The van der Waals surface area contributed by atoms with Crippen LogP contribution in [0.3, 0.4) is 0 Å². The Bertz CT molecular complexity index is 739. The van der Waals surface area contributed by atoms with Gasteiger partial charge in [0.25, 0.3) is 5.69 Å². The van der Waals surface area contributed by atoms with Crippen LogP contribution in [0.4, 0.5) is 5.69 Å². The summed E-state index contributed by atoms with van der Waals surface area (Å²) in [7, 11) is 0. The zero-order valence-corrected chi connectivity index (χ0v) is 13.8. The van der Waals surface area contributed by atoms with Gasteiger partial charge in [0.05, 0.1) is 11.3 Å². The number of ether oxygens (including phenoxy) is 1. The van der Waals surface area contributed by atoms with Crippen molar-refractivity contribution in [2.75, 3.05) is 0 Å². The van der Waals surface area contributed by atoms with Crippen molar-refractivity contribution in [3.8, 4) is 0 Å². The maximum absolute atomic E-state index is 11.8. The molecule has 24 heavy (non-hydrogen) atoms. The van der Waals surface area contributed by atoms with Crippen LogP contribution in [-0.2, 0) is 22.6 Å². The van der Waals surface area contributed by atoms with E-state index in [4.69, 9.17) is 9.26 Å². The summed E-state index contributed by atoms with van der Waals surface area (Å²) in [5, 5.41) is 14.7. The van der Waals surface area contributed by atoms with Crippen molar-refractivity contribution < 1.29 is 19.0 Å². The molecule has 0 atom stereocenters. The fraction of sp³-hybridized carbons (Fsp3) is 0.438. The second-order valence-corrected chi connectivity index (χ2v) is 5.68. The minimum atomic E-state index is -0.456. The standard InChI is InChI=1S/C16H19N3O5/c1-10(2)16-17-14(24-18-16)7-8-15(20)23-9-12-5-4-6-13(11(12)3)19(21)22/h4-6,10H,7-9H2,1-3H3. The van der Waals surface area contributed by atoms with Crippen LogP contribution in [0.2, 0.25) is 0 Å². The van der Waals surface area contributed by atoms with Crippen LogP contribution in [0, 0.1) is 17.0 Å². The molecule has 0 unspecified atom stereocenters. The molecule has 1 aromatic carbocycles. The summed E-state index contributed by atoms with van der Waals surface area (Å²) < 4.78 is 10.2. The molecule has 1 heterocycles. The van der Waals surface area contributed by atoms with E-state index in [1.54, 1.807) is 19.1 Å². The molecule has 128 valence electrons. The van der Waals surface area contributed by atoms with Gasteiger partial charge in [-0.1, -0.05) is 31.1 Å². The Kier molecular flexibility index (Phi) is 5.62. The van der Waals surface area contributed by atoms with Crippen LogP contribution < -0.4 is 0 Å². The molecule has 0 amide bonds. The smallest absolute Gasteiger partial charge is 0.306 e. The van der Waals surface area contributed by atoms with Gasteiger partial charge in [0.2, 0.25) is 5.89 Å². The van der Waals surface area contributed by atoms with Crippen molar-refractivity contribution in [3.05, 3.63) is 51.2 Å². The van der Waals surface area contributed by atoms with Gasteiger partial charge in [-0.25, -0.2) is 0 Å². The summed E-state index contributed by atoms with van der Waals surface area (Å²) in [5.41, 5.74) is 1.11. The molecule has 8 nitrogen and oxygen atoms in total. The minimum absolute atomic E-state index is 0.00652. The molecule has 0 bridgehead atoms. The molecule has 0 spiro atoms. The quantitative estimate of drug-likeness (QED) is 0.435. The van der Waals surface area contributed by atoms with E-state index in [0.29, 0.717) is 29.3 Å². The Labute approximate surface area is 139 Å². The van der Waals surface area contributed by atoms with Crippen LogP contribution in [0.25, 0.3) is 0 Å². The lowest BCUT2D eigenvalue weighted by Gasteiger charge is -2.07. The van der Waals surface area contributed by atoms with Crippen LogP contribution >= 0.6 is 0 Å². The maximum Gasteiger partial charge on any atom is 0.306 e. The number of aryl methyl sites for hydroxylation is 1. The monoisotopic (exact) mass is 333 g/mol. The number of nitro groups is 1. The van der Waals surface area contributed by atoms with E-state index in [-0.39, 0.29) is 24.6 Å². The summed E-state index contributed by atoms with van der Waals surface area (Å²) in [5.74, 6) is 0.726. The first kappa shape index (κ1) is 17.6. The Morgan fingerprint density at radius 2 is 2.17 bits per heavy atom. The largest absolute Gasteiger partial charge is 0.461 e. The highest BCUT2D eigenvalue weighted by Gasteiger charge is 2.15. The third-order valence-corrected chi connectivity index (χ3v) is 3.55. The van der Waals surface area contributed by atoms with E-state index < -0.39 is 10.9 Å². The number of hydrogen-bond donors (Lipinski definition) is 0. The number of rotatable bonds is 7. The lowest BCUT2D eigenvalue weighted by molar-refractivity contribution is -0.385. The molecule has 2 aromatic rings. The van der Waals surface area contributed by atoms with Gasteiger partial charge in [-0.3, -0.25) is 14.9 Å². The molecule has 0 N–H and O–H groups in total. The molecular weight excluding hydrogens is 314 g/mol. The molecule has 8 heteroatoms. The maximum atomic E-state index is 11.8. The Morgan fingerprint density at radius 3 is 2.79 bits per heavy atom. The highest BCUT2D eigenvalue weighted by molar-refractivity contribution is 5.69. The molecule has 0 saturated carbocycles. The Morgan fingerprint density at radius 1 is 1.42 bits per heavy atom. The molecule has 1 aromatic heterocycles. The van der Waals surface area contributed by atoms with E-state index in [9.17, 15) is 14.9 Å². The van der Waals surface area contributed by atoms with Crippen molar-refractivity contribution in [1.82, 2.24) is 10.1 Å². The molecule has 2 rings (SSSR count). The second kappa shape index (κ2) is 7.67. The lowest BCUT2D eigenvalue weighted by Crippen LogP contribution is -2.07. The summed E-state index contributed by atoms with van der Waals surface area (Å²) >= 11 is 0. The third kappa shape index (κ3) is 4.37. The summed E-state index contributed by atoms with van der Waals surface area (Å²) in [6.07, 6.45) is 0.403. The molecule has 0 fully saturated rings. The van der Waals surface area contributed by atoms with Gasteiger partial charge in [-0.15, -0.1) is 0 Å². The van der Waals surface area contributed by atoms with Crippen LogP contribution in [0.5, 0.6) is 0 Å². The first-order chi connectivity index (χ1) is 11.4. The van der Waals surface area contributed by atoms with Crippen molar-refractivity contribution in [3.63, 3.8) is 0 Å². The van der Waals surface area contributed by atoms with Gasteiger partial charge in [0.15, 0.2) is 5.82 Å². The number of benzene rings is 1. The van der Waals surface area contributed by atoms with Crippen molar-refractivity contribution in [1.29, 1.82) is 0 Å². The Hall–Kier alpha value is -2.77. The number of carbonyl (C=O) groups is 1. The number of hydrogen-bond acceptors (Lipinski definition) is 7. The van der Waals surface area contributed by atoms with Crippen molar-refractivity contribution >= 4 is 11.7 Å². The van der Waals surface area contributed by atoms with Gasteiger partial charge in [-0.05, 0) is 12.5 Å². The highest BCUT2D eigenvalue weighted by Crippen LogP contribution is 2.21. The highest BCUT2D eigenvalue weighted by atomic mass is 16.6. The van der Waals surface area contributed by atoms with E-state index in [2.05, 4.69) is 10.1 Å². The summed E-state index contributed by atoms with van der Waals surface area (Å²) in [4.78, 5) is 26.4. The van der Waals surface area contributed by atoms with E-state index in [0.717, 1.165) is 0 Å². The average molecular weight is 333 g/mol. The number of nitro benzene ring substituents is 1. The number of carbonyl (C=O) groups excluding carboxylic acids is 1. The van der Waals surface area contributed by atoms with Crippen LogP contribution in [0.1, 0.15) is 49.0 Å². The predicted molar refractivity (Wildman–Crippen MR) is 84.3 cm³/mol. The Balaban J connectivity index is 1.87. The molecule has 0 aliphatic rings. The molecule has 0 aliphatic carbocycles. The van der Waals surface area contributed by atoms with Gasteiger partial charge in [-0.2, -0.15) is 4.98 Å². The van der Waals surface area contributed by atoms with Gasteiger partial charge >= 0.3 is 5.97 Å². The third-order valence-electron chi connectivity index (χ3n) is 3.55. The van der Waals surface area contributed by atoms with Gasteiger partial charge in [0.1, 0.15) is 6.61 Å².